The molecular weight excluding hydrogens is 276 g/mol. The van der Waals surface area contributed by atoms with Gasteiger partial charge >= 0.3 is 5.97 Å². The van der Waals surface area contributed by atoms with E-state index >= 15 is 0 Å². The predicted octanol–water partition coefficient (Wildman–Crippen LogP) is 1.78. The molecule has 2 unspecified atom stereocenters. The van der Waals surface area contributed by atoms with Crippen molar-refractivity contribution in [2.45, 2.75) is 32.3 Å². The van der Waals surface area contributed by atoms with Crippen molar-refractivity contribution < 1.29 is 14.6 Å². The van der Waals surface area contributed by atoms with E-state index < -0.39 is 5.97 Å². The Morgan fingerprint density at radius 1 is 1.45 bits per heavy atom. The molecule has 1 saturated heterocycles. The first kappa shape index (κ1) is 13.8. The topological polar surface area (TPSA) is 72.3 Å². The van der Waals surface area contributed by atoms with Gasteiger partial charge in [-0.2, -0.15) is 11.8 Å². The number of hydrogen-bond acceptors (Lipinski definition) is 5. The highest BCUT2D eigenvalue weighted by atomic mass is 32.2. The molecule has 0 saturated carbocycles. The van der Waals surface area contributed by atoms with Gasteiger partial charge in [-0.25, -0.2) is 9.97 Å². The average molecular weight is 294 g/mol. The van der Waals surface area contributed by atoms with Gasteiger partial charge in [-0.3, -0.25) is 4.79 Å². The van der Waals surface area contributed by atoms with Crippen molar-refractivity contribution in [1.29, 1.82) is 0 Å². The first-order chi connectivity index (χ1) is 9.65. The number of carboxylic acids is 1. The van der Waals surface area contributed by atoms with Gasteiger partial charge in [0.25, 0.3) is 0 Å². The van der Waals surface area contributed by atoms with Gasteiger partial charge in [0.2, 0.25) is 0 Å². The third kappa shape index (κ3) is 2.67. The Labute approximate surface area is 122 Å². The number of fused-ring (bicyclic) bond motifs is 1. The molecule has 1 aromatic heterocycles. The number of nitrogens with zero attached hydrogens (tertiary/aromatic N) is 2. The molecule has 0 radical (unpaired) electrons. The highest BCUT2D eigenvalue weighted by Crippen LogP contribution is 2.30. The van der Waals surface area contributed by atoms with E-state index in [1.807, 2.05) is 18.7 Å². The molecule has 1 aliphatic carbocycles. The molecule has 0 bridgehead atoms. The number of aromatic nitrogens is 2. The smallest absolute Gasteiger partial charge is 0.306 e. The maximum absolute atomic E-state index is 11.1. The summed E-state index contributed by atoms with van der Waals surface area (Å²) in [6, 6.07) is 0. The summed E-state index contributed by atoms with van der Waals surface area (Å²) in [5.41, 5.74) is 2.95. The molecule has 1 aliphatic heterocycles. The van der Waals surface area contributed by atoms with Gasteiger partial charge in [0.15, 0.2) is 5.82 Å². The first-order valence-electron chi connectivity index (χ1n) is 6.93. The van der Waals surface area contributed by atoms with Gasteiger partial charge in [0.1, 0.15) is 6.10 Å². The number of thioether (sulfide) groups is 1. The van der Waals surface area contributed by atoms with Crippen LogP contribution in [0.15, 0.2) is 0 Å². The fourth-order valence-corrected chi connectivity index (χ4v) is 3.64. The third-order valence-corrected chi connectivity index (χ3v) is 4.94. The summed E-state index contributed by atoms with van der Waals surface area (Å²) in [7, 11) is 0. The molecule has 2 aliphatic rings. The largest absolute Gasteiger partial charge is 0.481 e. The van der Waals surface area contributed by atoms with Crippen molar-refractivity contribution in [3.8, 4) is 0 Å². The number of carboxylic acid groups (broad SMARTS) is 1. The van der Waals surface area contributed by atoms with Crippen molar-refractivity contribution in [2.24, 2.45) is 5.92 Å². The average Bonchev–Trinajstić information content (AvgIpc) is 2.47. The van der Waals surface area contributed by atoms with Gasteiger partial charge in [-0.05, 0) is 31.7 Å². The number of aryl methyl sites for hydroxylation is 2. The Kier molecular flexibility index (Phi) is 3.94. The zero-order valence-corrected chi connectivity index (χ0v) is 12.3. The maximum atomic E-state index is 11.1. The summed E-state index contributed by atoms with van der Waals surface area (Å²) in [6.45, 7) is 2.69. The van der Waals surface area contributed by atoms with Gasteiger partial charge in [0, 0.05) is 22.9 Å². The van der Waals surface area contributed by atoms with Gasteiger partial charge in [0.05, 0.1) is 12.5 Å². The van der Waals surface area contributed by atoms with E-state index in [0.29, 0.717) is 12.8 Å². The minimum Gasteiger partial charge on any atom is -0.481 e. The van der Waals surface area contributed by atoms with Crippen molar-refractivity contribution in [1.82, 2.24) is 9.97 Å². The van der Waals surface area contributed by atoms with E-state index in [4.69, 9.17) is 9.84 Å². The lowest BCUT2D eigenvalue weighted by Crippen LogP contribution is -2.26. The molecule has 0 spiro atoms. The van der Waals surface area contributed by atoms with Crippen molar-refractivity contribution in [2.75, 3.05) is 18.1 Å². The Hall–Kier alpha value is -1.14. The maximum Gasteiger partial charge on any atom is 0.306 e. The lowest BCUT2D eigenvalue weighted by Gasteiger charge is -2.25. The summed E-state index contributed by atoms with van der Waals surface area (Å²) >= 11 is 1.86. The summed E-state index contributed by atoms with van der Waals surface area (Å²) in [5.74, 6) is 1.68. The quantitative estimate of drug-likeness (QED) is 0.896. The molecule has 1 fully saturated rings. The first-order valence-corrected chi connectivity index (χ1v) is 8.09. The van der Waals surface area contributed by atoms with Gasteiger partial charge < -0.3 is 9.84 Å². The van der Waals surface area contributed by atoms with Crippen molar-refractivity contribution >= 4 is 17.7 Å². The molecule has 0 aromatic carbocycles. The number of ether oxygens (including phenoxy) is 1. The zero-order valence-electron chi connectivity index (χ0n) is 11.5. The summed E-state index contributed by atoms with van der Waals surface area (Å²) in [5, 5.41) is 9.15. The molecule has 1 N–H and O–H groups in total. The Morgan fingerprint density at radius 2 is 2.30 bits per heavy atom. The fraction of sp³-hybridized carbons (Fsp3) is 0.643. The summed E-state index contributed by atoms with van der Waals surface area (Å²) < 4.78 is 5.73. The van der Waals surface area contributed by atoms with E-state index in [-0.39, 0.29) is 12.0 Å². The Bertz CT molecular complexity index is 529. The number of hydrogen-bond donors (Lipinski definition) is 1. The molecule has 108 valence electrons. The van der Waals surface area contributed by atoms with Crippen LogP contribution in [-0.4, -0.2) is 39.2 Å². The lowest BCUT2D eigenvalue weighted by molar-refractivity contribution is -0.142. The molecule has 2 atom stereocenters. The van der Waals surface area contributed by atoms with Crippen LogP contribution < -0.4 is 0 Å². The molecule has 6 heteroatoms. The summed E-state index contributed by atoms with van der Waals surface area (Å²) in [6.07, 6.45) is 1.92. The van der Waals surface area contributed by atoms with E-state index in [0.717, 1.165) is 47.3 Å². The zero-order chi connectivity index (χ0) is 14.1. The molecule has 2 heterocycles. The van der Waals surface area contributed by atoms with Crippen LogP contribution in [0.25, 0.3) is 0 Å². The van der Waals surface area contributed by atoms with Crippen molar-refractivity contribution in [3.05, 3.63) is 22.8 Å². The predicted molar refractivity (Wildman–Crippen MR) is 75.9 cm³/mol. The van der Waals surface area contributed by atoms with Gasteiger partial charge in [-0.15, -0.1) is 0 Å². The molecule has 20 heavy (non-hydrogen) atoms. The van der Waals surface area contributed by atoms with Gasteiger partial charge in [-0.1, -0.05) is 0 Å². The van der Waals surface area contributed by atoms with Crippen molar-refractivity contribution in [3.63, 3.8) is 0 Å². The SMILES string of the molecule is Cc1nc(C2CSCCO2)nc2c1CC(C(=O)O)CC2. The van der Waals surface area contributed by atoms with E-state index in [9.17, 15) is 4.79 Å². The van der Waals surface area contributed by atoms with Crippen LogP contribution in [0.1, 0.15) is 35.3 Å². The van der Waals surface area contributed by atoms with Crippen LogP contribution in [0.3, 0.4) is 0 Å². The summed E-state index contributed by atoms with van der Waals surface area (Å²) in [4.78, 5) is 20.3. The fourth-order valence-electron chi connectivity index (χ4n) is 2.80. The van der Waals surface area contributed by atoms with E-state index in [2.05, 4.69) is 9.97 Å². The molecule has 3 rings (SSSR count). The van der Waals surface area contributed by atoms with E-state index in [1.54, 1.807) is 0 Å². The third-order valence-electron chi connectivity index (χ3n) is 3.95. The molecule has 5 nitrogen and oxygen atoms in total. The molecular formula is C14H18N2O3S. The normalized spacial score (nSPS) is 26.1. The van der Waals surface area contributed by atoms with Crippen LogP contribution >= 0.6 is 11.8 Å². The van der Waals surface area contributed by atoms with Crippen LogP contribution in [0.4, 0.5) is 0 Å². The second kappa shape index (κ2) is 5.69. The van der Waals surface area contributed by atoms with Crippen LogP contribution in [-0.2, 0) is 22.4 Å². The number of aliphatic carboxylic acids is 1. The van der Waals surface area contributed by atoms with Crippen LogP contribution in [0.5, 0.6) is 0 Å². The molecule has 0 amide bonds. The monoisotopic (exact) mass is 294 g/mol. The second-order valence-electron chi connectivity index (χ2n) is 5.30. The Balaban J connectivity index is 1.87. The minimum atomic E-state index is -0.717. The highest BCUT2D eigenvalue weighted by molar-refractivity contribution is 7.99. The number of carbonyl (C=O) groups is 1. The van der Waals surface area contributed by atoms with Crippen LogP contribution in [0.2, 0.25) is 0 Å². The molecule has 1 aromatic rings. The highest BCUT2D eigenvalue weighted by Gasteiger charge is 2.29. The lowest BCUT2D eigenvalue weighted by atomic mass is 9.86. The minimum absolute atomic E-state index is 0.0186. The second-order valence-corrected chi connectivity index (χ2v) is 6.45. The Morgan fingerprint density at radius 3 is 3.00 bits per heavy atom. The number of rotatable bonds is 2. The standard InChI is InChI=1S/C14H18N2O3S/c1-8-10-6-9(14(17)18)2-3-11(10)16-13(15-8)12-7-20-5-4-19-12/h9,12H,2-7H2,1H3,(H,17,18). The van der Waals surface area contributed by atoms with Crippen LogP contribution in [0, 0.1) is 12.8 Å². The van der Waals surface area contributed by atoms with E-state index in [1.165, 1.54) is 0 Å².